The highest BCUT2D eigenvalue weighted by molar-refractivity contribution is 5.77. The average molecular weight is 324 g/mol. The summed E-state index contributed by atoms with van der Waals surface area (Å²) in [7, 11) is 0. The van der Waals surface area contributed by atoms with Crippen molar-refractivity contribution in [2.24, 2.45) is 0 Å². The van der Waals surface area contributed by atoms with Crippen LogP contribution in [-0.4, -0.2) is 35.9 Å². The lowest BCUT2D eigenvalue weighted by Gasteiger charge is -2.51. The minimum atomic E-state index is -0.968. The molecule has 0 aliphatic carbocycles. The number of nitrogens with one attached hydrogen (secondary N) is 1. The highest BCUT2D eigenvalue weighted by Gasteiger charge is 2.50. The molecule has 7 heteroatoms. The van der Waals surface area contributed by atoms with Crippen LogP contribution in [0.2, 0.25) is 0 Å². The van der Waals surface area contributed by atoms with E-state index in [1.54, 1.807) is 11.8 Å². The van der Waals surface area contributed by atoms with Gasteiger partial charge in [0.05, 0.1) is 18.7 Å². The molecule has 124 valence electrons. The molecule has 0 saturated carbocycles. The molecule has 2 amide bonds. The summed E-state index contributed by atoms with van der Waals surface area (Å²) in [4.78, 5) is 14.0. The van der Waals surface area contributed by atoms with Gasteiger partial charge < -0.3 is 14.8 Å². The zero-order valence-electron chi connectivity index (χ0n) is 12.8. The van der Waals surface area contributed by atoms with Gasteiger partial charge in [0.25, 0.3) is 0 Å². The van der Waals surface area contributed by atoms with E-state index in [1.807, 2.05) is 0 Å². The Morgan fingerprint density at radius 2 is 2.26 bits per heavy atom. The van der Waals surface area contributed by atoms with Crippen molar-refractivity contribution < 1.29 is 23.0 Å². The van der Waals surface area contributed by atoms with E-state index in [1.165, 1.54) is 6.07 Å². The van der Waals surface area contributed by atoms with Gasteiger partial charge in [-0.1, -0.05) is 0 Å². The van der Waals surface area contributed by atoms with Gasteiger partial charge in [0.2, 0.25) is 0 Å². The molecular formula is C16H18F2N2O3. The van der Waals surface area contributed by atoms with Crippen LogP contribution in [0.25, 0.3) is 0 Å². The van der Waals surface area contributed by atoms with Gasteiger partial charge in [-0.3, -0.25) is 4.90 Å². The third-order valence-electron chi connectivity index (χ3n) is 4.84. The largest absolute Gasteiger partial charge is 0.465 e. The van der Waals surface area contributed by atoms with Crippen molar-refractivity contribution in [2.45, 2.75) is 44.1 Å². The summed E-state index contributed by atoms with van der Waals surface area (Å²) < 4.78 is 39.0. The van der Waals surface area contributed by atoms with E-state index in [2.05, 4.69) is 5.32 Å². The van der Waals surface area contributed by atoms with Crippen molar-refractivity contribution >= 4 is 6.03 Å². The van der Waals surface area contributed by atoms with Crippen molar-refractivity contribution in [1.29, 1.82) is 0 Å². The molecule has 3 atom stereocenters. The lowest BCUT2D eigenvalue weighted by Crippen LogP contribution is -2.66. The van der Waals surface area contributed by atoms with Crippen LogP contribution in [0.4, 0.5) is 13.6 Å². The number of rotatable bonds is 2. The molecule has 0 aromatic heterocycles. The molecule has 4 rings (SSSR count). The van der Waals surface area contributed by atoms with Gasteiger partial charge >= 0.3 is 6.03 Å². The normalized spacial score (nSPS) is 32.3. The summed E-state index contributed by atoms with van der Waals surface area (Å²) in [5, 5.41) is 2.83. The number of carbonyl (C=O) groups excluding carboxylic acids is 1. The standard InChI is InChI=1S/C16H18F2N2O3/c1-16-7-13(11-5-9(17)6-12(18)14(11)23-16)19-15(21)20(16)8-10-3-2-4-22-10/h5-6,10,13H,2-4,7-8H2,1H3,(H,19,21). The number of hydrogen-bond acceptors (Lipinski definition) is 3. The second-order valence-electron chi connectivity index (χ2n) is 6.53. The van der Waals surface area contributed by atoms with Crippen LogP contribution in [0.3, 0.4) is 0 Å². The van der Waals surface area contributed by atoms with Crippen LogP contribution < -0.4 is 10.1 Å². The summed E-state index contributed by atoms with van der Waals surface area (Å²) in [5.41, 5.74) is -0.616. The van der Waals surface area contributed by atoms with Crippen molar-refractivity contribution in [3.63, 3.8) is 0 Å². The Bertz CT molecular complexity index is 663. The molecule has 1 N–H and O–H groups in total. The van der Waals surface area contributed by atoms with Crippen LogP contribution in [-0.2, 0) is 4.74 Å². The Kier molecular flexibility index (Phi) is 3.23. The number of halogens is 2. The smallest absolute Gasteiger partial charge is 0.321 e. The van der Waals surface area contributed by atoms with Crippen molar-refractivity contribution in [2.75, 3.05) is 13.2 Å². The molecule has 3 unspecified atom stereocenters. The SMILES string of the molecule is CC12CC(NC(=O)N1CC1CCCO1)c1cc(F)cc(F)c1O2. The second-order valence-corrected chi connectivity index (χ2v) is 6.53. The summed E-state index contributed by atoms with van der Waals surface area (Å²) in [6.45, 7) is 2.85. The van der Waals surface area contributed by atoms with Gasteiger partial charge in [0.15, 0.2) is 17.3 Å². The van der Waals surface area contributed by atoms with E-state index in [9.17, 15) is 13.6 Å². The van der Waals surface area contributed by atoms with Gasteiger partial charge in [0.1, 0.15) is 5.82 Å². The number of carbonyl (C=O) groups is 1. The molecule has 2 bridgehead atoms. The first kappa shape index (κ1) is 14.7. The molecule has 0 radical (unpaired) electrons. The van der Waals surface area contributed by atoms with Crippen LogP contribution in [0.1, 0.15) is 37.8 Å². The summed E-state index contributed by atoms with van der Waals surface area (Å²) in [5.74, 6) is -1.41. The van der Waals surface area contributed by atoms with Crippen molar-refractivity contribution in [3.8, 4) is 5.75 Å². The first-order valence-electron chi connectivity index (χ1n) is 7.84. The molecule has 3 heterocycles. The highest BCUT2D eigenvalue weighted by Crippen LogP contribution is 2.45. The van der Waals surface area contributed by atoms with Crippen LogP contribution in [0.15, 0.2) is 12.1 Å². The van der Waals surface area contributed by atoms with E-state index in [-0.39, 0.29) is 17.9 Å². The molecule has 23 heavy (non-hydrogen) atoms. The number of nitrogens with zero attached hydrogens (tertiary/aromatic N) is 1. The zero-order chi connectivity index (χ0) is 16.2. The third kappa shape index (κ3) is 2.34. The average Bonchev–Trinajstić information content (AvgIpc) is 2.98. The van der Waals surface area contributed by atoms with Gasteiger partial charge in [-0.15, -0.1) is 0 Å². The Hall–Kier alpha value is -1.89. The van der Waals surface area contributed by atoms with Gasteiger partial charge in [0, 0.05) is 24.7 Å². The predicted molar refractivity (Wildman–Crippen MR) is 77.0 cm³/mol. The number of ether oxygens (including phenoxy) is 2. The first-order valence-corrected chi connectivity index (χ1v) is 7.84. The van der Waals surface area contributed by atoms with E-state index in [0.29, 0.717) is 25.1 Å². The molecule has 2 fully saturated rings. The van der Waals surface area contributed by atoms with Gasteiger partial charge in [-0.05, 0) is 25.8 Å². The van der Waals surface area contributed by atoms with Gasteiger partial charge in [-0.2, -0.15) is 0 Å². The second kappa shape index (κ2) is 5.06. The number of urea groups is 1. The maximum atomic E-state index is 14.1. The fourth-order valence-corrected chi connectivity index (χ4v) is 3.70. The molecular weight excluding hydrogens is 306 g/mol. The molecule has 1 aromatic carbocycles. The number of amides is 2. The number of benzene rings is 1. The summed E-state index contributed by atoms with van der Waals surface area (Å²) in [6.07, 6.45) is 2.26. The highest BCUT2D eigenvalue weighted by atomic mass is 19.1. The molecule has 2 saturated heterocycles. The fourth-order valence-electron chi connectivity index (χ4n) is 3.70. The van der Waals surface area contributed by atoms with E-state index in [0.717, 1.165) is 18.9 Å². The van der Waals surface area contributed by atoms with Gasteiger partial charge in [-0.25, -0.2) is 13.6 Å². The number of hydrogen-bond donors (Lipinski definition) is 1. The lowest BCUT2D eigenvalue weighted by atomic mass is 9.90. The van der Waals surface area contributed by atoms with Crippen molar-refractivity contribution in [3.05, 3.63) is 29.3 Å². The monoisotopic (exact) mass is 324 g/mol. The first-order chi connectivity index (χ1) is 11.0. The quantitative estimate of drug-likeness (QED) is 0.910. The maximum absolute atomic E-state index is 14.1. The fraction of sp³-hybridized carbons (Fsp3) is 0.562. The minimum Gasteiger partial charge on any atom is -0.465 e. The number of fused-ring (bicyclic) bond motifs is 4. The topological polar surface area (TPSA) is 50.8 Å². The zero-order valence-corrected chi connectivity index (χ0v) is 12.8. The molecule has 3 aliphatic rings. The predicted octanol–water partition coefficient (Wildman–Crippen LogP) is 2.71. The Labute approximate surface area is 132 Å². The summed E-state index contributed by atoms with van der Waals surface area (Å²) >= 11 is 0. The Morgan fingerprint density at radius 3 is 3.00 bits per heavy atom. The van der Waals surface area contributed by atoms with Crippen LogP contribution in [0.5, 0.6) is 5.75 Å². The minimum absolute atomic E-state index is 0.0162. The molecule has 5 nitrogen and oxygen atoms in total. The molecule has 3 aliphatic heterocycles. The van der Waals surface area contributed by atoms with Crippen molar-refractivity contribution in [1.82, 2.24) is 10.2 Å². The molecule has 1 aromatic rings. The van der Waals surface area contributed by atoms with Crippen LogP contribution in [0, 0.1) is 11.6 Å². The maximum Gasteiger partial charge on any atom is 0.321 e. The van der Waals surface area contributed by atoms with E-state index < -0.39 is 23.4 Å². The lowest BCUT2D eigenvalue weighted by molar-refractivity contribution is -0.0993. The Morgan fingerprint density at radius 1 is 1.43 bits per heavy atom. The van der Waals surface area contributed by atoms with E-state index >= 15 is 0 Å². The van der Waals surface area contributed by atoms with Crippen LogP contribution >= 0.6 is 0 Å². The summed E-state index contributed by atoms with van der Waals surface area (Å²) in [6, 6.07) is 1.27. The Balaban J connectivity index is 1.69. The van der Waals surface area contributed by atoms with E-state index in [4.69, 9.17) is 9.47 Å². The third-order valence-corrected chi connectivity index (χ3v) is 4.84. The molecule has 0 spiro atoms.